The number of aliphatic carboxylic acids is 1. The van der Waals surface area contributed by atoms with Crippen LogP contribution in [0, 0.1) is 0 Å². The van der Waals surface area contributed by atoms with Gasteiger partial charge in [-0.25, -0.2) is 0 Å². The Hall–Kier alpha value is -0.960. The van der Waals surface area contributed by atoms with E-state index in [0.717, 1.165) is 19.3 Å². The van der Waals surface area contributed by atoms with E-state index in [2.05, 4.69) is 18.2 Å². The maximum atomic E-state index is 11.0. The largest absolute Gasteiger partial charge is 0.481 e. The first-order valence-electron chi connectivity index (χ1n) is 6.18. The number of carboxylic acids is 1. The predicted octanol–water partition coefficient (Wildman–Crippen LogP) is 3.23. The minimum absolute atomic E-state index is 0.0402. The van der Waals surface area contributed by atoms with Gasteiger partial charge in [-0.2, -0.15) is 0 Å². The van der Waals surface area contributed by atoms with Crippen molar-refractivity contribution in [3.63, 3.8) is 0 Å². The fraction of sp³-hybridized carbons (Fsp3) is 0.500. The molecule has 0 spiro atoms. The van der Waals surface area contributed by atoms with Crippen LogP contribution < -0.4 is 0 Å². The molecule has 1 aliphatic heterocycles. The van der Waals surface area contributed by atoms with Crippen LogP contribution in [0.25, 0.3) is 0 Å². The molecule has 0 radical (unpaired) electrons. The molecule has 3 heteroatoms. The molecule has 90 valence electrons. The summed E-state index contributed by atoms with van der Waals surface area (Å²) in [5.41, 5.74) is 2.69. The zero-order valence-corrected chi connectivity index (χ0v) is 10.6. The zero-order chi connectivity index (χ0) is 11.9. The van der Waals surface area contributed by atoms with Crippen LogP contribution in [0.3, 0.4) is 0 Å². The Labute approximate surface area is 105 Å². The molecule has 2 nitrogen and oxygen atoms in total. The van der Waals surface area contributed by atoms with Crippen molar-refractivity contribution in [3.05, 3.63) is 29.3 Å². The van der Waals surface area contributed by atoms with Gasteiger partial charge < -0.3 is 5.11 Å². The van der Waals surface area contributed by atoms with Gasteiger partial charge in [0, 0.05) is 10.3 Å². The van der Waals surface area contributed by atoms with Crippen molar-refractivity contribution in [2.75, 3.05) is 5.75 Å². The van der Waals surface area contributed by atoms with Gasteiger partial charge in [-0.3, -0.25) is 4.79 Å². The van der Waals surface area contributed by atoms with Crippen molar-refractivity contribution >= 4 is 17.7 Å². The second-order valence-corrected chi connectivity index (χ2v) is 6.20. The smallest absolute Gasteiger partial charge is 0.304 e. The van der Waals surface area contributed by atoms with Crippen LogP contribution in [0.5, 0.6) is 0 Å². The highest BCUT2D eigenvalue weighted by atomic mass is 32.2. The van der Waals surface area contributed by atoms with Gasteiger partial charge in [0.05, 0.1) is 6.42 Å². The molecule has 0 amide bonds. The Bertz CT molecular complexity index is 463. The highest BCUT2D eigenvalue weighted by Crippen LogP contribution is 2.54. The SMILES string of the molecule is O=C(O)CC1(c2cccc3c2SCCC3)CC1. The van der Waals surface area contributed by atoms with Gasteiger partial charge in [0.15, 0.2) is 0 Å². The number of rotatable bonds is 3. The number of carbonyl (C=O) groups is 1. The summed E-state index contributed by atoms with van der Waals surface area (Å²) in [6.07, 6.45) is 4.77. The number of thioether (sulfide) groups is 1. The summed E-state index contributed by atoms with van der Waals surface area (Å²) < 4.78 is 0. The van der Waals surface area contributed by atoms with Crippen LogP contribution in [0.4, 0.5) is 0 Å². The first-order chi connectivity index (χ1) is 8.21. The topological polar surface area (TPSA) is 37.3 Å². The van der Waals surface area contributed by atoms with E-state index in [9.17, 15) is 4.79 Å². The normalized spacial score (nSPS) is 20.7. The first kappa shape index (κ1) is 11.1. The number of hydrogen-bond acceptors (Lipinski definition) is 2. The third kappa shape index (κ3) is 1.97. The van der Waals surface area contributed by atoms with Gasteiger partial charge in [-0.1, -0.05) is 18.2 Å². The van der Waals surface area contributed by atoms with E-state index in [0.29, 0.717) is 6.42 Å². The highest BCUT2D eigenvalue weighted by molar-refractivity contribution is 7.99. The lowest BCUT2D eigenvalue weighted by Gasteiger charge is -2.23. The molecule has 1 saturated carbocycles. The molecule has 1 fully saturated rings. The quantitative estimate of drug-likeness (QED) is 0.892. The molecule has 3 rings (SSSR count). The lowest BCUT2D eigenvalue weighted by Crippen LogP contribution is -2.15. The lowest BCUT2D eigenvalue weighted by molar-refractivity contribution is -0.137. The molecule has 0 unspecified atom stereocenters. The fourth-order valence-electron chi connectivity index (χ4n) is 2.79. The molecule has 2 aliphatic rings. The van der Waals surface area contributed by atoms with E-state index < -0.39 is 5.97 Å². The summed E-state index contributed by atoms with van der Waals surface area (Å²) in [7, 11) is 0. The van der Waals surface area contributed by atoms with Gasteiger partial charge in [0.25, 0.3) is 0 Å². The van der Waals surface area contributed by atoms with Crippen molar-refractivity contribution in [2.45, 2.75) is 42.4 Å². The summed E-state index contributed by atoms with van der Waals surface area (Å²) in [4.78, 5) is 12.4. The van der Waals surface area contributed by atoms with Crippen molar-refractivity contribution in [1.82, 2.24) is 0 Å². The summed E-state index contributed by atoms with van der Waals surface area (Å²) in [5, 5.41) is 9.05. The third-order valence-corrected chi connectivity index (χ3v) is 5.11. The second-order valence-electron chi connectivity index (χ2n) is 5.10. The van der Waals surface area contributed by atoms with Crippen LogP contribution >= 0.6 is 11.8 Å². The fourth-order valence-corrected chi connectivity index (χ4v) is 4.08. The van der Waals surface area contributed by atoms with E-state index in [4.69, 9.17) is 5.11 Å². The summed E-state index contributed by atoms with van der Waals surface area (Å²) >= 11 is 1.92. The average Bonchev–Trinajstić information content (AvgIpc) is 3.08. The van der Waals surface area contributed by atoms with E-state index in [-0.39, 0.29) is 5.41 Å². The first-order valence-corrected chi connectivity index (χ1v) is 7.17. The van der Waals surface area contributed by atoms with Crippen LogP contribution in [-0.4, -0.2) is 16.8 Å². The van der Waals surface area contributed by atoms with Gasteiger partial charge in [-0.05, 0) is 42.6 Å². The Morgan fingerprint density at radius 1 is 1.41 bits per heavy atom. The van der Waals surface area contributed by atoms with Crippen molar-refractivity contribution in [3.8, 4) is 0 Å². The Morgan fingerprint density at radius 2 is 2.24 bits per heavy atom. The number of benzene rings is 1. The number of hydrogen-bond donors (Lipinski definition) is 1. The Morgan fingerprint density at radius 3 is 2.94 bits per heavy atom. The molecular weight excluding hydrogens is 232 g/mol. The van der Waals surface area contributed by atoms with E-state index in [1.165, 1.54) is 28.2 Å². The van der Waals surface area contributed by atoms with Gasteiger partial charge in [-0.15, -0.1) is 11.8 Å². The van der Waals surface area contributed by atoms with Crippen LogP contribution in [-0.2, 0) is 16.6 Å². The van der Waals surface area contributed by atoms with Crippen molar-refractivity contribution in [2.24, 2.45) is 0 Å². The van der Waals surface area contributed by atoms with E-state index >= 15 is 0 Å². The van der Waals surface area contributed by atoms with Crippen LogP contribution in [0.15, 0.2) is 23.1 Å². The van der Waals surface area contributed by atoms with Crippen molar-refractivity contribution in [1.29, 1.82) is 0 Å². The maximum Gasteiger partial charge on any atom is 0.304 e. The van der Waals surface area contributed by atoms with Crippen molar-refractivity contribution < 1.29 is 9.90 Å². The van der Waals surface area contributed by atoms with E-state index in [1.54, 1.807) is 0 Å². The monoisotopic (exact) mass is 248 g/mol. The minimum atomic E-state index is -0.666. The predicted molar refractivity (Wildman–Crippen MR) is 68.7 cm³/mol. The number of aryl methyl sites for hydroxylation is 1. The molecule has 0 bridgehead atoms. The van der Waals surface area contributed by atoms with Gasteiger partial charge in [0.2, 0.25) is 0 Å². The Balaban J connectivity index is 2.00. The standard InChI is InChI=1S/C14H16O2S/c15-12(16)9-14(6-7-14)11-5-1-3-10-4-2-8-17-13(10)11/h1,3,5H,2,4,6-9H2,(H,15,16). The number of carboxylic acid groups (broad SMARTS) is 1. The summed E-state index contributed by atoms with van der Waals surface area (Å²) in [6.45, 7) is 0. The molecule has 1 N–H and O–H groups in total. The average molecular weight is 248 g/mol. The van der Waals surface area contributed by atoms with Crippen LogP contribution in [0.2, 0.25) is 0 Å². The molecule has 1 heterocycles. The van der Waals surface area contributed by atoms with Gasteiger partial charge >= 0.3 is 5.97 Å². The maximum absolute atomic E-state index is 11.0. The molecule has 0 saturated heterocycles. The third-order valence-electron chi connectivity index (χ3n) is 3.85. The molecule has 1 aromatic carbocycles. The van der Waals surface area contributed by atoms with Crippen LogP contribution in [0.1, 0.15) is 36.8 Å². The molecule has 0 aromatic heterocycles. The van der Waals surface area contributed by atoms with Gasteiger partial charge in [0.1, 0.15) is 0 Å². The molecular formula is C14H16O2S. The molecule has 17 heavy (non-hydrogen) atoms. The lowest BCUT2D eigenvalue weighted by atomic mass is 9.90. The molecule has 1 aliphatic carbocycles. The highest BCUT2D eigenvalue weighted by Gasteiger charge is 2.47. The Kier molecular flexibility index (Phi) is 2.66. The molecule has 0 atom stereocenters. The summed E-state index contributed by atoms with van der Waals surface area (Å²) in [5.74, 6) is 0.508. The van der Waals surface area contributed by atoms with E-state index in [1.807, 2.05) is 11.8 Å². The molecule has 1 aromatic rings. The second kappa shape index (κ2) is 4.05. The summed E-state index contributed by atoms with van der Waals surface area (Å²) in [6, 6.07) is 6.44. The minimum Gasteiger partial charge on any atom is -0.481 e. The zero-order valence-electron chi connectivity index (χ0n) is 9.74. The number of fused-ring (bicyclic) bond motifs is 1.